The number of ether oxygens (including phenoxy) is 1. The summed E-state index contributed by atoms with van der Waals surface area (Å²) in [6.07, 6.45) is -8.49. The molecule has 36 heavy (non-hydrogen) atoms. The van der Waals surface area contributed by atoms with Crippen LogP contribution in [-0.2, 0) is 27.4 Å². The second-order valence-electron chi connectivity index (χ2n) is 9.42. The van der Waals surface area contributed by atoms with Crippen molar-refractivity contribution in [1.82, 2.24) is 10.6 Å². The molecule has 4 nitrogen and oxygen atoms in total. The van der Waals surface area contributed by atoms with E-state index < -0.39 is 35.1 Å². The molecule has 0 aliphatic carbocycles. The van der Waals surface area contributed by atoms with Gasteiger partial charge in [-0.1, -0.05) is 30.3 Å². The molecule has 0 aromatic heterocycles. The summed E-state index contributed by atoms with van der Waals surface area (Å²) >= 11 is 0. The molecule has 0 bridgehead atoms. The van der Waals surface area contributed by atoms with E-state index in [1.54, 1.807) is 0 Å². The molecule has 2 aliphatic rings. The average Bonchev–Trinajstić information content (AvgIpc) is 3.18. The summed E-state index contributed by atoms with van der Waals surface area (Å²) in [5, 5.41) is 6.52. The Balaban J connectivity index is 0.00000361. The normalized spacial score (nSPS) is 25.4. The monoisotopic (exact) mass is 536 g/mol. The lowest BCUT2D eigenvalue weighted by atomic mass is 9.76. The molecular weight excluding hydrogens is 510 g/mol. The Morgan fingerprint density at radius 3 is 2.03 bits per heavy atom. The van der Waals surface area contributed by atoms with Gasteiger partial charge in [0, 0.05) is 13.0 Å². The quantitative estimate of drug-likeness (QED) is 0.451. The van der Waals surface area contributed by atoms with E-state index in [4.69, 9.17) is 4.74 Å². The molecule has 4 rings (SSSR count). The van der Waals surface area contributed by atoms with E-state index in [1.807, 2.05) is 30.3 Å². The Morgan fingerprint density at radius 1 is 0.944 bits per heavy atom. The number of carbonyl (C=O) groups excluding carboxylic acids is 1. The summed E-state index contributed by atoms with van der Waals surface area (Å²) in [5.74, 6) is -0.00565. The molecule has 2 aliphatic heterocycles. The predicted octanol–water partition coefficient (Wildman–Crippen LogP) is 6.15. The number of carbonyl (C=O) groups is 1. The van der Waals surface area contributed by atoms with Crippen LogP contribution in [0, 0.1) is 0 Å². The first-order valence-corrected chi connectivity index (χ1v) is 11.3. The van der Waals surface area contributed by atoms with Crippen molar-refractivity contribution in [3.8, 4) is 0 Å². The third kappa shape index (κ3) is 5.98. The summed E-state index contributed by atoms with van der Waals surface area (Å²) in [4.78, 5) is 11.8. The molecule has 2 N–H and O–H groups in total. The summed E-state index contributed by atoms with van der Waals surface area (Å²) in [6, 6.07) is 10.9. The Labute approximate surface area is 211 Å². The van der Waals surface area contributed by atoms with Crippen LogP contribution in [0.15, 0.2) is 48.5 Å². The van der Waals surface area contributed by atoms with Crippen molar-refractivity contribution < 1.29 is 35.9 Å². The van der Waals surface area contributed by atoms with Crippen LogP contribution in [0.4, 0.5) is 26.3 Å². The maximum absolute atomic E-state index is 13.3. The highest BCUT2D eigenvalue weighted by molar-refractivity contribution is 5.85. The van der Waals surface area contributed by atoms with Gasteiger partial charge in [-0.05, 0) is 55.5 Å². The van der Waals surface area contributed by atoms with Crippen molar-refractivity contribution in [3.05, 3.63) is 70.8 Å². The molecule has 198 valence electrons. The number of benzene rings is 2. The lowest BCUT2D eigenvalue weighted by Gasteiger charge is -2.46. The molecule has 1 amide bonds. The van der Waals surface area contributed by atoms with Gasteiger partial charge in [-0.15, -0.1) is 12.4 Å². The Hall–Kier alpha value is -2.30. The Bertz CT molecular complexity index is 1030. The molecule has 2 saturated heterocycles. The minimum Gasteiger partial charge on any atom is -0.372 e. The number of alkyl halides is 6. The van der Waals surface area contributed by atoms with E-state index in [1.165, 1.54) is 6.92 Å². The highest BCUT2D eigenvalue weighted by atomic mass is 35.5. The first-order valence-electron chi connectivity index (χ1n) is 11.3. The van der Waals surface area contributed by atoms with Gasteiger partial charge in [0.2, 0.25) is 5.91 Å². The smallest absolute Gasteiger partial charge is 0.372 e. The van der Waals surface area contributed by atoms with Crippen molar-refractivity contribution in [1.29, 1.82) is 0 Å². The minimum atomic E-state index is -4.92. The zero-order valence-corrected chi connectivity index (χ0v) is 20.2. The van der Waals surface area contributed by atoms with Crippen LogP contribution < -0.4 is 10.6 Å². The number of piperidine rings is 1. The van der Waals surface area contributed by atoms with Gasteiger partial charge in [-0.2, -0.15) is 26.3 Å². The maximum atomic E-state index is 13.3. The van der Waals surface area contributed by atoms with E-state index in [2.05, 4.69) is 10.6 Å². The van der Waals surface area contributed by atoms with E-state index in [-0.39, 0.29) is 42.1 Å². The van der Waals surface area contributed by atoms with Crippen molar-refractivity contribution >= 4 is 18.3 Å². The summed E-state index contributed by atoms with van der Waals surface area (Å²) in [7, 11) is 0. The molecule has 2 heterocycles. The fourth-order valence-corrected chi connectivity index (χ4v) is 4.85. The third-order valence-corrected chi connectivity index (χ3v) is 7.02. The molecule has 0 saturated carbocycles. The fourth-order valence-electron chi connectivity index (χ4n) is 4.85. The van der Waals surface area contributed by atoms with Crippen molar-refractivity contribution in [3.63, 3.8) is 0 Å². The fraction of sp³-hybridized carbons (Fsp3) is 0.480. The van der Waals surface area contributed by atoms with Crippen LogP contribution in [0.25, 0.3) is 0 Å². The maximum Gasteiger partial charge on any atom is 0.416 e. The highest BCUT2D eigenvalue weighted by Gasteiger charge is 2.47. The molecule has 3 atom stereocenters. The van der Waals surface area contributed by atoms with Crippen molar-refractivity contribution in [2.24, 2.45) is 0 Å². The first kappa shape index (κ1) is 28.3. The van der Waals surface area contributed by atoms with Gasteiger partial charge < -0.3 is 15.4 Å². The van der Waals surface area contributed by atoms with Crippen LogP contribution in [0.2, 0.25) is 0 Å². The van der Waals surface area contributed by atoms with E-state index in [0.717, 1.165) is 5.56 Å². The molecule has 1 unspecified atom stereocenters. The van der Waals surface area contributed by atoms with Gasteiger partial charge in [0.15, 0.2) is 0 Å². The van der Waals surface area contributed by atoms with E-state index >= 15 is 0 Å². The van der Waals surface area contributed by atoms with Gasteiger partial charge >= 0.3 is 12.4 Å². The van der Waals surface area contributed by atoms with E-state index in [9.17, 15) is 31.1 Å². The summed E-state index contributed by atoms with van der Waals surface area (Å²) in [6.45, 7) is 1.95. The molecule has 2 aromatic rings. The molecule has 2 fully saturated rings. The topological polar surface area (TPSA) is 50.4 Å². The number of hydrogen-bond donors (Lipinski definition) is 2. The number of hydrogen-bond acceptors (Lipinski definition) is 3. The number of nitrogens with one attached hydrogen (secondary N) is 2. The third-order valence-electron chi connectivity index (χ3n) is 7.02. The van der Waals surface area contributed by atoms with Crippen LogP contribution >= 0.6 is 12.4 Å². The SMILES string of the molecule is CC(OC[C@@]1(c2ccccc2)CC[C@]2(CCC(=O)N2)CN1)c1cc(C(F)(F)F)cc(C(F)(F)F)c1.Cl. The van der Waals surface area contributed by atoms with Gasteiger partial charge in [0.25, 0.3) is 0 Å². The highest BCUT2D eigenvalue weighted by Crippen LogP contribution is 2.40. The molecule has 0 radical (unpaired) electrons. The molecule has 1 spiro atoms. The summed E-state index contributed by atoms with van der Waals surface area (Å²) < 4.78 is 85.6. The number of amides is 1. The zero-order chi connectivity index (χ0) is 25.5. The second-order valence-corrected chi connectivity index (χ2v) is 9.42. The Kier molecular flexibility index (Phi) is 8.03. The van der Waals surface area contributed by atoms with Gasteiger partial charge in [0.1, 0.15) is 0 Å². The lowest BCUT2D eigenvalue weighted by molar-refractivity contribution is -0.143. The minimum absolute atomic E-state index is 0. The van der Waals surface area contributed by atoms with Crippen LogP contribution in [0.1, 0.15) is 61.0 Å². The van der Waals surface area contributed by atoms with Crippen molar-refractivity contribution in [2.45, 2.75) is 62.1 Å². The second kappa shape index (κ2) is 10.2. The predicted molar refractivity (Wildman–Crippen MR) is 124 cm³/mol. The van der Waals surface area contributed by atoms with Gasteiger partial charge in [-0.3, -0.25) is 4.79 Å². The van der Waals surface area contributed by atoms with Crippen LogP contribution in [-0.4, -0.2) is 24.6 Å². The molecular formula is C25H27ClF6N2O2. The summed E-state index contributed by atoms with van der Waals surface area (Å²) in [5.41, 5.74) is -3.11. The standard InChI is InChI=1S/C25H26F6N2O2.ClH/c1-16(17-11-19(24(26,27)28)13-20(12-17)25(29,30)31)35-15-23(18-5-3-2-4-6-18)10-9-22(14-32-23)8-7-21(34)33-22;/h2-6,11-13,16,32H,7-10,14-15H2,1H3,(H,33,34);1H/t16?,22-,23-;/m1./s1. The zero-order valence-electron chi connectivity index (χ0n) is 19.4. The van der Waals surface area contributed by atoms with Crippen LogP contribution in [0.5, 0.6) is 0 Å². The van der Waals surface area contributed by atoms with Crippen LogP contribution in [0.3, 0.4) is 0 Å². The lowest BCUT2D eigenvalue weighted by Crippen LogP contribution is -2.61. The first-order chi connectivity index (χ1) is 16.3. The molecule has 11 heteroatoms. The molecule has 2 aromatic carbocycles. The van der Waals surface area contributed by atoms with Gasteiger partial charge in [0.05, 0.1) is 34.9 Å². The Morgan fingerprint density at radius 2 is 1.56 bits per heavy atom. The van der Waals surface area contributed by atoms with E-state index in [0.29, 0.717) is 44.4 Å². The number of rotatable bonds is 5. The average molecular weight is 537 g/mol. The number of halogens is 7. The van der Waals surface area contributed by atoms with Crippen molar-refractivity contribution in [2.75, 3.05) is 13.2 Å². The largest absolute Gasteiger partial charge is 0.416 e. The van der Waals surface area contributed by atoms with Gasteiger partial charge in [-0.25, -0.2) is 0 Å².